The zero-order chi connectivity index (χ0) is 19.2. The van der Waals surface area contributed by atoms with Crippen LogP contribution in [0.5, 0.6) is 5.75 Å². The Morgan fingerprint density at radius 2 is 1.77 bits per heavy atom. The number of carbonyl (C=O) groups is 1. The van der Waals surface area contributed by atoms with Crippen LogP contribution in [0.4, 0.5) is 5.69 Å². The van der Waals surface area contributed by atoms with Crippen LogP contribution in [0.1, 0.15) is 18.4 Å². The molecule has 0 heterocycles. The van der Waals surface area contributed by atoms with Gasteiger partial charge in [-0.3, -0.25) is 14.9 Å². The van der Waals surface area contributed by atoms with E-state index in [0.29, 0.717) is 17.7 Å². The molecule has 0 fully saturated rings. The molecule has 0 aromatic heterocycles. The first-order valence-corrected chi connectivity index (χ1v) is 9.86. The maximum Gasteiger partial charge on any atom is 0.269 e. The first-order chi connectivity index (χ1) is 12.3. The summed E-state index contributed by atoms with van der Waals surface area (Å²) >= 11 is 0. The van der Waals surface area contributed by atoms with Gasteiger partial charge in [-0.15, -0.1) is 0 Å². The summed E-state index contributed by atoms with van der Waals surface area (Å²) in [5.41, 5.74) is 0.973. The largest absolute Gasteiger partial charge is 0.497 e. The highest BCUT2D eigenvalue weighted by Crippen LogP contribution is 2.18. The zero-order valence-electron chi connectivity index (χ0n) is 14.6. The Kier molecular flexibility index (Phi) is 6.46. The molecule has 0 aliphatic carbocycles. The van der Waals surface area contributed by atoms with Crippen LogP contribution in [-0.4, -0.2) is 28.4 Å². The number of carbonyl (C=O) groups excluding carboxylic acids is 1. The SMILES string of the molecule is COc1ccc(CCCC(=O)N=S(C)(=O)c2ccc([N+](=O)[O-])cc2)cc1. The predicted molar refractivity (Wildman–Crippen MR) is 98.8 cm³/mol. The molecule has 2 rings (SSSR count). The van der Waals surface area contributed by atoms with Gasteiger partial charge >= 0.3 is 0 Å². The second-order valence-corrected chi connectivity index (χ2v) is 8.00. The summed E-state index contributed by atoms with van der Waals surface area (Å²) in [5, 5.41) is 10.7. The summed E-state index contributed by atoms with van der Waals surface area (Å²) in [6, 6.07) is 12.8. The van der Waals surface area contributed by atoms with Crippen molar-refractivity contribution in [1.82, 2.24) is 0 Å². The number of non-ortho nitro benzene ring substituents is 1. The summed E-state index contributed by atoms with van der Waals surface area (Å²) in [5.74, 6) is 0.331. The highest BCUT2D eigenvalue weighted by Gasteiger charge is 2.12. The molecule has 1 atom stereocenters. The van der Waals surface area contributed by atoms with Gasteiger partial charge in [0.05, 0.1) is 21.8 Å². The Bertz CT molecular complexity index is 898. The van der Waals surface area contributed by atoms with Gasteiger partial charge in [0.1, 0.15) is 5.75 Å². The fourth-order valence-corrected chi connectivity index (χ4v) is 3.58. The van der Waals surface area contributed by atoms with Crippen molar-refractivity contribution in [2.24, 2.45) is 4.36 Å². The molecule has 7 nitrogen and oxygen atoms in total. The van der Waals surface area contributed by atoms with Gasteiger partial charge < -0.3 is 4.74 Å². The lowest BCUT2D eigenvalue weighted by Crippen LogP contribution is -2.04. The molecule has 1 unspecified atom stereocenters. The molecule has 0 saturated heterocycles. The molecule has 0 aliphatic rings. The number of benzene rings is 2. The number of rotatable bonds is 7. The molecule has 2 aromatic rings. The van der Waals surface area contributed by atoms with Crippen molar-refractivity contribution in [3.05, 3.63) is 64.2 Å². The van der Waals surface area contributed by atoms with Gasteiger partial charge in [-0.1, -0.05) is 12.1 Å². The number of aryl methyl sites for hydroxylation is 1. The molecule has 0 aliphatic heterocycles. The Labute approximate surface area is 152 Å². The van der Waals surface area contributed by atoms with Crippen LogP contribution in [-0.2, 0) is 20.9 Å². The van der Waals surface area contributed by atoms with E-state index in [1.54, 1.807) is 7.11 Å². The van der Waals surface area contributed by atoms with E-state index in [-0.39, 0.29) is 12.1 Å². The molecule has 0 N–H and O–H groups in total. The van der Waals surface area contributed by atoms with Crippen LogP contribution in [0, 0.1) is 10.1 Å². The van der Waals surface area contributed by atoms with Crippen LogP contribution in [0.25, 0.3) is 0 Å². The molecule has 0 saturated carbocycles. The Morgan fingerprint density at radius 3 is 2.31 bits per heavy atom. The van der Waals surface area contributed by atoms with E-state index in [9.17, 15) is 19.1 Å². The molecular formula is C18H20N2O5S. The van der Waals surface area contributed by atoms with E-state index >= 15 is 0 Å². The summed E-state index contributed by atoms with van der Waals surface area (Å²) < 4.78 is 21.5. The second-order valence-electron chi connectivity index (χ2n) is 5.74. The molecule has 26 heavy (non-hydrogen) atoms. The average molecular weight is 376 g/mol. The first-order valence-electron chi connectivity index (χ1n) is 7.94. The maximum atomic E-state index is 12.6. The van der Waals surface area contributed by atoms with E-state index < -0.39 is 20.6 Å². The minimum atomic E-state index is -2.92. The molecule has 0 bridgehead atoms. The fraction of sp³-hybridized carbons (Fsp3) is 0.278. The summed E-state index contributed by atoms with van der Waals surface area (Å²) in [6.45, 7) is 0. The summed E-state index contributed by atoms with van der Waals surface area (Å²) in [4.78, 5) is 22.4. The van der Waals surface area contributed by atoms with Crippen molar-refractivity contribution in [1.29, 1.82) is 0 Å². The number of methoxy groups -OCH3 is 1. The standard InChI is InChI=1S/C18H20N2O5S/c1-25-16-10-6-14(7-11-16)4-3-5-18(21)19-26(2,24)17-12-8-15(9-13-17)20(22)23/h6-13H,3-5H2,1-2H3. The molecule has 2 aromatic carbocycles. The van der Waals surface area contributed by atoms with Crippen LogP contribution < -0.4 is 4.74 Å². The van der Waals surface area contributed by atoms with Crippen LogP contribution >= 0.6 is 0 Å². The third kappa shape index (κ3) is 5.38. The van der Waals surface area contributed by atoms with Crippen molar-refractivity contribution in [2.45, 2.75) is 24.2 Å². The van der Waals surface area contributed by atoms with Crippen molar-refractivity contribution in [3.8, 4) is 5.75 Å². The lowest BCUT2D eigenvalue weighted by molar-refractivity contribution is -0.384. The normalized spacial score (nSPS) is 12.8. The lowest BCUT2D eigenvalue weighted by atomic mass is 10.1. The number of nitro groups is 1. The van der Waals surface area contributed by atoms with Gasteiger partial charge in [0, 0.05) is 29.7 Å². The van der Waals surface area contributed by atoms with Crippen molar-refractivity contribution in [3.63, 3.8) is 0 Å². The Balaban J connectivity index is 1.97. The molecule has 1 amide bonds. The van der Waals surface area contributed by atoms with Gasteiger partial charge in [0.15, 0.2) is 0 Å². The molecule has 0 spiro atoms. The fourth-order valence-electron chi connectivity index (χ4n) is 2.35. The third-order valence-corrected chi connectivity index (χ3v) is 5.47. The smallest absolute Gasteiger partial charge is 0.269 e. The number of hydrogen-bond donors (Lipinski definition) is 0. The number of amides is 1. The molecule has 0 radical (unpaired) electrons. The number of ether oxygens (including phenoxy) is 1. The summed E-state index contributed by atoms with van der Waals surface area (Å²) in [6.07, 6.45) is 2.83. The van der Waals surface area contributed by atoms with E-state index in [1.807, 2.05) is 24.3 Å². The second kappa shape index (κ2) is 8.57. The van der Waals surface area contributed by atoms with Gasteiger partial charge in [-0.05, 0) is 42.7 Å². The van der Waals surface area contributed by atoms with Gasteiger partial charge in [-0.2, -0.15) is 4.36 Å². The van der Waals surface area contributed by atoms with E-state index in [2.05, 4.69) is 4.36 Å². The molecule has 8 heteroatoms. The molecule has 138 valence electrons. The maximum absolute atomic E-state index is 12.6. The monoisotopic (exact) mass is 376 g/mol. The van der Waals surface area contributed by atoms with Crippen LogP contribution in [0.15, 0.2) is 57.8 Å². The average Bonchev–Trinajstić information content (AvgIpc) is 2.62. The zero-order valence-corrected chi connectivity index (χ0v) is 15.4. The van der Waals surface area contributed by atoms with E-state index in [0.717, 1.165) is 11.3 Å². The quantitative estimate of drug-likeness (QED) is 0.543. The molecular weight excluding hydrogens is 356 g/mol. The number of hydrogen-bond acceptors (Lipinski definition) is 5. The topological polar surface area (TPSA) is 98.9 Å². The number of nitrogens with zero attached hydrogens (tertiary/aromatic N) is 2. The number of nitro benzene ring substituents is 1. The Morgan fingerprint density at radius 1 is 1.15 bits per heavy atom. The van der Waals surface area contributed by atoms with E-state index in [4.69, 9.17) is 4.74 Å². The Hall–Kier alpha value is -2.74. The highest BCUT2D eigenvalue weighted by atomic mass is 32.2. The van der Waals surface area contributed by atoms with Crippen molar-refractivity contribution in [2.75, 3.05) is 13.4 Å². The van der Waals surface area contributed by atoms with Crippen LogP contribution in [0.2, 0.25) is 0 Å². The summed E-state index contributed by atoms with van der Waals surface area (Å²) in [7, 11) is -1.32. The highest BCUT2D eigenvalue weighted by molar-refractivity contribution is 7.93. The minimum Gasteiger partial charge on any atom is -0.497 e. The lowest BCUT2D eigenvalue weighted by Gasteiger charge is -2.05. The van der Waals surface area contributed by atoms with Crippen LogP contribution in [0.3, 0.4) is 0 Å². The van der Waals surface area contributed by atoms with E-state index in [1.165, 1.54) is 30.5 Å². The van der Waals surface area contributed by atoms with Crippen molar-refractivity contribution < 1.29 is 18.7 Å². The predicted octanol–water partition coefficient (Wildman–Crippen LogP) is 3.61. The van der Waals surface area contributed by atoms with Gasteiger partial charge in [-0.25, -0.2) is 4.21 Å². The third-order valence-electron chi connectivity index (χ3n) is 3.78. The van der Waals surface area contributed by atoms with Crippen molar-refractivity contribution >= 4 is 21.3 Å². The van der Waals surface area contributed by atoms with Gasteiger partial charge in [0.25, 0.3) is 11.6 Å². The minimum absolute atomic E-state index is 0.102. The first kappa shape index (κ1) is 19.6. The van der Waals surface area contributed by atoms with Gasteiger partial charge in [0.2, 0.25) is 0 Å².